The third-order valence-electron chi connectivity index (χ3n) is 5.56. The smallest absolute Gasteiger partial charge is 0.267 e. The van der Waals surface area contributed by atoms with E-state index in [1.807, 2.05) is 37.3 Å². The van der Waals surface area contributed by atoms with Gasteiger partial charge in [0.1, 0.15) is 5.75 Å². The number of nitrogens with zero attached hydrogens (tertiary/aromatic N) is 1. The number of para-hydroxylation sites is 1. The van der Waals surface area contributed by atoms with Crippen molar-refractivity contribution in [3.63, 3.8) is 0 Å². The lowest BCUT2D eigenvalue weighted by molar-refractivity contribution is -0.122. The standard InChI is InChI=1S/C24H32N2O4S/c1-15(2)18-10-8-9-16(3)22(18)25-23(27)21-14-26(31(7,28)29)19-13-17(24(4,5)6)11-12-20(19)30-21/h8-13,15,21H,14H2,1-7H3,(H,25,27)/t21-/m0/s1. The van der Waals surface area contributed by atoms with E-state index in [1.165, 1.54) is 4.31 Å². The first-order valence-corrected chi connectivity index (χ1v) is 12.3. The lowest BCUT2D eigenvalue weighted by atomic mass is 9.86. The van der Waals surface area contributed by atoms with Crippen LogP contribution < -0.4 is 14.4 Å². The monoisotopic (exact) mass is 444 g/mol. The predicted octanol–water partition coefficient (Wildman–Crippen LogP) is 4.58. The number of nitrogens with one attached hydrogen (secondary N) is 1. The highest BCUT2D eigenvalue weighted by Crippen LogP contribution is 2.39. The molecule has 1 heterocycles. The van der Waals surface area contributed by atoms with E-state index in [4.69, 9.17) is 4.74 Å². The Morgan fingerprint density at radius 1 is 1.19 bits per heavy atom. The molecule has 1 amide bonds. The van der Waals surface area contributed by atoms with E-state index in [2.05, 4.69) is 39.9 Å². The fourth-order valence-electron chi connectivity index (χ4n) is 3.71. The van der Waals surface area contributed by atoms with Gasteiger partial charge >= 0.3 is 0 Å². The molecule has 0 radical (unpaired) electrons. The first kappa shape index (κ1) is 23.1. The Morgan fingerprint density at radius 2 is 1.87 bits per heavy atom. The van der Waals surface area contributed by atoms with Crippen molar-refractivity contribution in [3.05, 3.63) is 53.1 Å². The highest BCUT2D eigenvalue weighted by atomic mass is 32.2. The van der Waals surface area contributed by atoms with Gasteiger partial charge in [-0.05, 0) is 47.1 Å². The third kappa shape index (κ3) is 4.87. The van der Waals surface area contributed by atoms with E-state index in [0.717, 1.165) is 28.6 Å². The van der Waals surface area contributed by atoms with Crippen molar-refractivity contribution in [1.29, 1.82) is 0 Å². The number of aryl methyl sites for hydroxylation is 1. The van der Waals surface area contributed by atoms with E-state index in [1.54, 1.807) is 6.07 Å². The van der Waals surface area contributed by atoms with Crippen LogP contribution in [0.15, 0.2) is 36.4 Å². The second-order valence-corrected chi connectivity index (χ2v) is 11.4. The maximum Gasteiger partial charge on any atom is 0.267 e. The van der Waals surface area contributed by atoms with Crippen LogP contribution in [0.25, 0.3) is 0 Å². The molecule has 2 aromatic carbocycles. The van der Waals surface area contributed by atoms with Gasteiger partial charge in [0.05, 0.1) is 18.5 Å². The molecule has 1 atom stereocenters. The normalized spacial score (nSPS) is 16.6. The molecule has 0 fully saturated rings. The first-order chi connectivity index (χ1) is 14.3. The zero-order valence-electron chi connectivity index (χ0n) is 19.3. The Labute approximate surface area is 185 Å². The number of fused-ring (bicyclic) bond motifs is 1. The van der Waals surface area contributed by atoms with Gasteiger partial charge in [-0.1, -0.05) is 58.9 Å². The van der Waals surface area contributed by atoms with Crippen molar-refractivity contribution < 1.29 is 17.9 Å². The molecular formula is C24H32N2O4S. The number of carbonyl (C=O) groups is 1. The molecule has 0 spiro atoms. The largest absolute Gasteiger partial charge is 0.476 e. The molecule has 0 aliphatic carbocycles. The summed E-state index contributed by atoms with van der Waals surface area (Å²) < 4.78 is 32.4. The summed E-state index contributed by atoms with van der Waals surface area (Å²) in [5, 5.41) is 2.98. The number of ether oxygens (including phenoxy) is 1. The van der Waals surface area contributed by atoms with E-state index >= 15 is 0 Å². The van der Waals surface area contributed by atoms with Crippen LogP contribution in [0.2, 0.25) is 0 Å². The fourth-order valence-corrected chi connectivity index (χ4v) is 4.62. The molecule has 0 aromatic heterocycles. The molecular weight excluding hydrogens is 412 g/mol. The summed E-state index contributed by atoms with van der Waals surface area (Å²) in [6, 6.07) is 11.4. The molecule has 2 aromatic rings. The number of hydrogen-bond donors (Lipinski definition) is 1. The quantitative estimate of drug-likeness (QED) is 0.749. The molecule has 7 heteroatoms. The topological polar surface area (TPSA) is 75.7 Å². The van der Waals surface area contributed by atoms with Crippen LogP contribution in [0.5, 0.6) is 5.75 Å². The lowest BCUT2D eigenvalue weighted by Gasteiger charge is -2.35. The van der Waals surface area contributed by atoms with Gasteiger partial charge in [0.25, 0.3) is 5.91 Å². The molecule has 0 saturated carbocycles. The zero-order valence-corrected chi connectivity index (χ0v) is 20.1. The van der Waals surface area contributed by atoms with Gasteiger partial charge in [0, 0.05) is 5.69 Å². The van der Waals surface area contributed by atoms with E-state index in [0.29, 0.717) is 11.4 Å². The molecule has 1 aliphatic rings. The van der Waals surface area contributed by atoms with Crippen LogP contribution >= 0.6 is 0 Å². The highest BCUT2D eigenvalue weighted by Gasteiger charge is 2.36. The predicted molar refractivity (Wildman–Crippen MR) is 126 cm³/mol. The summed E-state index contributed by atoms with van der Waals surface area (Å²) in [5.41, 5.74) is 4.05. The van der Waals surface area contributed by atoms with Gasteiger partial charge < -0.3 is 10.1 Å². The van der Waals surface area contributed by atoms with Crippen LogP contribution in [0, 0.1) is 6.92 Å². The van der Waals surface area contributed by atoms with Gasteiger partial charge in [-0.3, -0.25) is 9.10 Å². The molecule has 0 unspecified atom stereocenters. The Kier molecular flexibility index (Phi) is 6.11. The van der Waals surface area contributed by atoms with Crippen molar-refractivity contribution in [2.75, 3.05) is 22.4 Å². The molecule has 3 rings (SSSR count). The minimum atomic E-state index is -3.60. The first-order valence-electron chi connectivity index (χ1n) is 10.5. The number of carbonyl (C=O) groups excluding carboxylic acids is 1. The van der Waals surface area contributed by atoms with E-state index in [9.17, 15) is 13.2 Å². The Morgan fingerprint density at radius 3 is 2.45 bits per heavy atom. The minimum Gasteiger partial charge on any atom is -0.476 e. The second-order valence-electron chi connectivity index (χ2n) is 9.52. The molecule has 1 N–H and O–H groups in total. The minimum absolute atomic E-state index is 0.0752. The molecule has 1 aliphatic heterocycles. The van der Waals surface area contributed by atoms with Crippen LogP contribution in [0.4, 0.5) is 11.4 Å². The Hall–Kier alpha value is -2.54. The third-order valence-corrected chi connectivity index (χ3v) is 6.71. The number of sulfonamides is 1. The average molecular weight is 445 g/mol. The van der Waals surface area contributed by atoms with E-state index in [-0.39, 0.29) is 23.8 Å². The molecule has 0 saturated heterocycles. The van der Waals surface area contributed by atoms with Crippen molar-refractivity contribution in [2.45, 2.75) is 59.0 Å². The van der Waals surface area contributed by atoms with Gasteiger partial charge in [0.15, 0.2) is 6.10 Å². The van der Waals surface area contributed by atoms with E-state index < -0.39 is 16.1 Å². The Balaban J connectivity index is 1.96. The van der Waals surface area contributed by atoms with Crippen molar-refractivity contribution >= 4 is 27.3 Å². The summed E-state index contributed by atoms with van der Waals surface area (Å²) in [7, 11) is -3.60. The zero-order chi connectivity index (χ0) is 23.1. The average Bonchev–Trinajstić information content (AvgIpc) is 2.66. The van der Waals surface area contributed by atoms with Crippen LogP contribution in [-0.2, 0) is 20.2 Å². The summed E-state index contributed by atoms with van der Waals surface area (Å²) >= 11 is 0. The second kappa shape index (κ2) is 8.19. The van der Waals surface area contributed by atoms with Gasteiger partial charge in [0.2, 0.25) is 10.0 Å². The Bertz CT molecular complexity index is 1100. The van der Waals surface area contributed by atoms with Crippen LogP contribution in [-0.4, -0.2) is 33.2 Å². The number of benzene rings is 2. The lowest BCUT2D eigenvalue weighted by Crippen LogP contribution is -2.48. The number of amides is 1. The summed E-state index contributed by atoms with van der Waals surface area (Å²) in [6.45, 7) is 12.2. The molecule has 6 nitrogen and oxygen atoms in total. The molecule has 0 bridgehead atoms. The maximum absolute atomic E-state index is 13.1. The fraction of sp³-hybridized carbons (Fsp3) is 0.458. The van der Waals surface area contributed by atoms with Gasteiger partial charge in [-0.2, -0.15) is 0 Å². The van der Waals surface area contributed by atoms with Crippen molar-refractivity contribution in [1.82, 2.24) is 0 Å². The van der Waals surface area contributed by atoms with Gasteiger partial charge in [-0.15, -0.1) is 0 Å². The summed E-state index contributed by atoms with van der Waals surface area (Å²) in [4.78, 5) is 13.1. The van der Waals surface area contributed by atoms with Gasteiger partial charge in [-0.25, -0.2) is 8.42 Å². The summed E-state index contributed by atoms with van der Waals surface area (Å²) in [6.07, 6.45) is 0.196. The number of anilines is 2. The van der Waals surface area contributed by atoms with Crippen LogP contribution in [0.3, 0.4) is 0 Å². The SMILES string of the molecule is Cc1cccc(C(C)C)c1NC(=O)[C@@H]1CN(S(C)(=O)=O)c2cc(C(C)(C)C)ccc2O1. The molecule has 168 valence electrons. The number of rotatable bonds is 4. The van der Waals surface area contributed by atoms with Crippen LogP contribution in [0.1, 0.15) is 57.2 Å². The molecule has 31 heavy (non-hydrogen) atoms. The highest BCUT2D eigenvalue weighted by molar-refractivity contribution is 7.92. The maximum atomic E-state index is 13.1. The number of hydrogen-bond acceptors (Lipinski definition) is 4. The summed E-state index contributed by atoms with van der Waals surface area (Å²) in [5.74, 6) is 0.251. The van der Waals surface area contributed by atoms with Crippen molar-refractivity contribution in [3.8, 4) is 5.75 Å². The van der Waals surface area contributed by atoms with Crippen molar-refractivity contribution in [2.24, 2.45) is 0 Å².